The minimum atomic E-state index is -0.413. The Morgan fingerprint density at radius 2 is 2.00 bits per heavy atom. The van der Waals surface area contributed by atoms with Crippen molar-refractivity contribution in [1.29, 1.82) is 0 Å². The Morgan fingerprint density at radius 1 is 1.50 bits per heavy atom. The van der Waals surface area contributed by atoms with Gasteiger partial charge in [-0.1, -0.05) is 13.8 Å². The Morgan fingerprint density at radius 3 is 2.30 bits per heavy atom. The molecule has 0 heterocycles. The molecule has 0 aliphatic carbocycles. The molecular weight excluding hydrogens is 132 g/mol. The number of carbonyl (C=O) groups is 1. The number of ether oxygens (including phenoxy) is 1. The van der Waals surface area contributed by atoms with Gasteiger partial charge < -0.3 is 4.74 Å². The highest BCUT2D eigenvalue weighted by Gasteiger charge is 2.02. The molecule has 0 rings (SSSR count). The minimum absolute atomic E-state index is 0.413. The van der Waals surface area contributed by atoms with E-state index in [9.17, 15) is 4.79 Å². The van der Waals surface area contributed by atoms with Crippen molar-refractivity contribution >= 4 is 6.09 Å². The average molecular weight is 146 g/mol. The molecule has 0 atom stereocenters. The fourth-order valence-corrected chi connectivity index (χ4v) is 0.556. The van der Waals surface area contributed by atoms with Crippen LogP contribution in [0, 0.1) is 0 Å². The number of hydrazine groups is 1. The standard InChI is InChI=1S/C6H14N2O2/c1-4-8(5-2)7-6(9)10-3/h4-5H2,1-3H3,(H,7,9). The molecule has 0 aromatic rings. The Hall–Kier alpha value is -0.770. The van der Waals surface area contributed by atoms with E-state index in [-0.39, 0.29) is 0 Å². The van der Waals surface area contributed by atoms with Crippen molar-refractivity contribution in [3.8, 4) is 0 Å². The van der Waals surface area contributed by atoms with Crippen LogP contribution in [0.3, 0.4) is 0 Å². The average Bonchev–Trinajstić information content (AvgIpc) is 1.99. The number of carbonyl (C=O) groups excluding carboxylic acids is 1. The van der Waals surface area contributed by atoms with Gasteiger partial charge in [0.1, 0.15) is 0 Å². The Labute approximate surface area is 61.1 Å². The third kappa shape index (κ3) is 3.29. The van der Waals surface area contributed by atoms with E-state index >= 15 is 0 Å². The highest BCUT2D eigenvalue weighted by atomic mass is 16.5. The van der Waals surface area contributed by atoms with Crippen LogP contribution in [0.4, 0.5) is 4.79 Å². The summed E-state index contributed by atoms with van der Waals surface area (Å²) in [6.07, 6.45) is -0.413. The molecule has 0 spiro atoms. The lowest BCUT2D eigenvalue weighted by atomic mass is 10.6. The lowest BCUT2D eigenvalue weighted by Gasteiger charge is -2.17. The topological polar surface area (TPSA) is 41.6 Å². The third-order valence-electron chi connectivity index (χ3n) is 1.20. The van der Waals surface area contributed by atoms with Crippen molar-refractivity contribution in [3.63, 3.8) is 0 Å². The van der Waals surface area contributed by atoms with E-state index in [1.165, 1.54) is 7.11 Å². The molecule has 0 aliphatic heterocycles. The molecule has 0 saturated heterocycles. The third-order valence-corrected chi connectivity index (χ3v) is 1.20. The van der Waals surface area contributed by atoms with Crippen molar-refractivity contribution in [2.45, 2.75) is 13.8 Å². The first-order chi connectivity index (χ1) is 4.74. The highest BCUT2D eigenvalue weighted by Crippen LogP contribution is 1.80. The molecule has 4 nitrogen and oxygen atoms in total. The predicted octanol–water partition coefficient (Wildman–Crippen LogP) is 0.599. The maximum atomic E-state index is 10.6. The van der Waals surface area contributed by atoms with Crippen molar-refractivity contribution in [1.82, 2.24) is 10.4 Å². The second-order valence-electron chi connectivity index (χ2n) is 1.78. The normalized spacial score (nSPS) is 9.60. The van der Waals surface area contributed by atoms with Crippen LogP contribution in [0.25, 0.3) is 0 Å². The SMILES string of the molecule is CCN(CC)NC(=O)OC. The molecule has 0 aliphatic rings. The molecule has 1 amide bonds. The van der Waals surface area contributed by atoms with Gasteiger partial charge in [0.2, 0.25) is 0 Å². The lowest BCUT2D eigenvalue weighted by molar-refractivity contribution is 0.128. The molecule has 1 N–H and O–H groups in total. The summed E-state index contributed by atoms with van der Waals surface area (Å²) >= 11 is 0. The van der Waals surface area contributed by atoms with Crippen LogP contribution < -0.4 is 5.43 Å². The first-order valence-corrected chi connectivity index (χ1v) is 3.34. The van der Waals surface area contributed by atoms with Gasteiger partial charge in [-0.05, 0) is 0 Å². The Balaban J connectivity index is 3.52. The molecule has 60 valence electrons. The van der Waals surface area contributed by atoms with E-state index in [0.717, 1.165) is 13.1 Å². The Bertz CT molecular complexity index is 102. The van der Waals surface area contributed by atoms with Gasteiger partial charge in [-0.2, -0.15) is 0 Å². The number of amides is 1. The zero-order valence-electron chi connectivity index (χ0n) is 6.68. The monoisotopic (exact) mass is 146 g/mol. The van der Waals surface area contributed by atoms with Crippen LogP contribution >= 0.6 is 0 Å². The fourth-order valence-electron chi connectivity index (χ4n) is 0.556. The summed E-state index contributed by atoms with van der Waals surface area (Å²) in [4.78, 5) is 10.6. The molecular formula is C6H14N2O2. The molecule has 0 aromatic carbocycles. The summed E-state index contributed by atoms with van der Waals surface area (Å²) in [6, 6.07) is 0. The number of methoxy groups -OCH3 is 1. The zero-order valence-corrected chi connectivity index (χ0v) is 6.68. The summed E-state index contributed by atoms with van der Waals surface area (Å²) in [5, 5.41) is 1.76. The largest absolute Gasteiger partial charge is 0.452 e. The van der Waals surface area contributed by atoms with Gasteiger partial charge >= 0.3 is 6.09 Å². The van der Waals surface area contributed by atoms with Crippen LogP contribution in [0.1, 0.15) is 13.8 Å². The number of hydrogen-bond acceptors (Lipinski definition) is 3. The van der Waals surface area contributed by atoms with Crippen LogP contribution in [0.5, 0.6) is 0 Å². The minimum Gasteiger partial charge on any atom is -0.452 e. The van der Waals surface area contributed by atoms with Gasteiger partial charge in [0.05, 0.1) is 7.11 Å². The summed E-state index contributed by atoms with van der Waals surface area (Å²) in [7, 11) is 1.35. The van der Waals surface area contributed by atoms with Gasteiger partial charge in [0.15, 0.2) is 0 Å². The number of rotatable bonds is 3. The van der Waals surface area contributed by atoms with Crippen molar-refractivity contribution < 1.29 is 9.53 Å². The lowest BCUT2D eigenvalue weighted by Crippen LogP contribution is -2.41. The number of hydrogen-bond donors (Lipinski definition) is 1. The van der Waals surface area contributed by atoms with E-state index in [1.807, 2.05) is 13.8 Å². The molecule has 0 saturated carbocycles. The second-order valence-corrected chi connectivity index (χ2v) is 1.78. The second kappa shape index (κ2) is 5.05. The maximum Gasteiger partial charge on any atom is 0.421 e. The van der Waals surface area contributed by atoms with Gasteiger partial charge in [-0.15, -0.1) is 0 Å². The van der Waals surface area contributed by atoms with Gasteiger partial charge in [-0.3, -0.25) is 5.43 Å². The number of nitrogens with one attached hydrogen (secondary N) is 1. The summed E-state index contributed by atoms with van der Waals surface area (Å²) in [5.74, 6) is 0. The first kappa shape index (κ1) is 9.23. The molecule has 0 unspecified atom stereocenters. The smallest absolute Gasteiger partial charge is 0.421 e. The zero-order chi connectivity index (χ0) is 7.98. The van der Waals surface area contributed by atoms with E-state index in [0.29, 0.717) is 0 Å². The van der Waals surface area contributed by atoms with Gasteiger partial charge in [0, 0.05) is 13.1 Å². The maximum absolute atomic E-state index is 10.6. The molecule has 4 heteroatoms. The van der Waals surface area contributed by atoms with Gasteiger partial charge in [0.25, 0.3) is 0 Å². The fraction of sp³-hybridized carbons (Fsp3) is 0.833. The first-order valence-electron chi connectivity index (χ1n) is 3.34. The molecule has 10 heavy (non-hydrogen) atoms. The highest BCUT2D eigenvalue weighted by molar-refractivity contribution is 5.66. The van der Waals surface area contributed by atoms with E-state index in [4.69, 9.17) is 0 Å². The summed E-state index contributed by atoms with van der Waals surface area (Å²) in [5.41, 5.74) is 2.54. The van der Waals surface area contributed by atoms with E-state index in [2.05, 4.69) is 10.2 Å². The van der Waals surface area contributed by atoms with Crippen LogP contribution in [-0.2, 0) is 4.74 Å². The van der Waals surface area contributed by atoms with Gasteiger partial charge in [-0.25, -0.2) is 9.80 Å². The quantitative estimate of drug-likeness (QED) is 0.593. The van der Waals surface area contributed by atoms with Crippen LogP contribution in [-0.4, -0.2) is 31.3 Å². The van der Waals surface area contributed by atoms with Crippen LogP contribution in [0.15, 0.2) is 0 Å². The summed E-state index contributed by atoms with van der Waals surface area (Å²) < 4.78 is 4.39. The summed E-state index contributed by atoms with van der Waals surface area (Å²) in [6.45, 7) is 5.48. The molecule has 0 bridgehead atoms. The van der Waals surface area contributed by atoms with Crippen molar-refractivity contribution in [2.24, 2.45) is 0 Å². The van der Waals surface area contributed by atoms with Crippen molar-refractivity contribution in [2.75, 3.05) is 20.2 Å². The predicted molar refractivity (Wildman–Crippen MR) is 38.5 cm³/mol. The Kier molecular flexibility index (Phi) is 4.66. The molecule has 0 fully saturated rings. The molecule has 0 aromatic heterocycles. The molecule has 0 radical (unpaired) electrons. The van der Waals surface area contributed by atoms with Crippen LogP contribution in [0.2, 0.25) is 0 Å². The number of nitrogens with zero attached hydrogens (tertiary/aromatic N) is 1. The van der Waals surface area contributed by atoms with Crippen molar-refractivity contribution in [3.05, 3.63) is 0 Å². The van der Waals surface area contributed by atoms with E-state index in [1.54, 1.807) is 5.01 Å². The van der Waals surface area contributed by atoms with E-state index < -0.39 is 6.09 Å².